The first-order valence-corrected chi connectivity index (χ1v) is 15.0. The molecule has 2 aromatic heterocycles. The number of fused-ring (bicyclic) bond motifs is 10. The minimum atomic E-state index is 0.793. The summed E-state index contributed by atoms with van der Waals surface area (Å²) in [5.41, 5.74) is 8.16. The van der Waals surface area contributed by atoms with Crippen molar-refractivity contribution >= 4 is 76.2 Å². The van der Waals surface area contributed by atoms with Crippen molar-refractivity contribution in [2.24, 2.45) is 0 Å². The van der Waals surface area contributed by atoms with Crippen molar-refractivity contribution in [3.05, 3.63) is 146 Å². The van der Waals surface area contributed by atoms with Gasteiger partial charge in [0.25, 0.3) is 0 Å². The van der Waals surface area contributed by atoms with E-state index in [-0.39, 0.29) is 0 Å². The molecule has 204 valence electrons. The van der Waals surface area contributed by atoms with Crippen LogP contribution in [0, 0.1) is 0 Å². The van der Waals surface area contributed by atoms with Gasteiger partial charge in [0.2, 0.25) is 0 Å². The quantitative estimate of drug-likeness (QED) is 0.197. The van der Waals surface area contributed by atoms with E-state index in [9.17, 15) is 0 Å². The Kier molecular flexibility index (Phi) is 4.75. The number of hydrogen-bond donors (Lipinski definition) is 0. The van der Waals surface area contributed by atoms with Gasteiger partial charge in [-0.1, -0.05) is 121 Å². The van der Waals surface area contributed by atoms with Crippen LogP contribution in [0.1, 0.15) is 0 Å². The van der Waals surface area contributed by atoms with E-state index in [2.05, 4.69) is 121 Å². The molecule has 0 atom stereocenters. The van der Waals surface area contributed by atoms with Crippen molar-refractivity contribution in [3.63, 3.8) is 0 Å². The molecule has 10 rings (SSSR count). The summed E-state index contributed by atoms with van der Waals surface area (Å²) in [5.74, 6) is 0. The van der Waals surface area contributed by atoms with Gasteiger partial charge < -0.3 is 8.83 Å². The van der Waals surface area contributed by atoms with E-state index >= 15 is 0 Å². The van der Waals surface area contributed by atoms with Gasteiger partial charge in [-0.25, -0.2) is 0 Å². The highest BCUT2D eigenvalue weighted by Crippen LogP contribution is 2.49. The fourth-order valence-corrected chi connectivity index (χ4v) is 7.34. The smallest absolute Gasteiger partial charge is 0.179 e. The zero-order valence-corrected chi connectivity index (χ0v) is 23.7. The zero-order chi connectivity index (χ0) is 28.8. The molecule has 44 heavy (non-hydrogen) atoms. The second-order valence-corrected chi connectivity index (χ2v) is 11.6. The molecular formula is C42H24O2. The molecule has 0 aliphatic carbocycles. The van der Waals surface area contributed by atoms with E-state index in [1.54, 1.807) is 0 Å². The first-order chi connectivity index (χ1) is 21.8. The van der Waals surface area contributed by atoms with Gasteiger partial charge in [0.05, 0.1) is 0 Å². The van der Waals surface area contributed by atoms with E-state index in [1.165, 1.54) is 49.0 Å². The summed E-state index contributed by atoms with van der Waals surface area (Å²) in [6, 6.07) is 52.0. The Morgan fingerprint density at radius 2 is 0.864 bits per heavy atom. The summed E-state index contributed by atoms with van der Waals surface area (Å²) in [6.45, 7) is 0. The topological polar surface area (TPSA) is 26.3 Å². The maximum atomic E-state index is 6.62. The van der Waals surface area contributed by atoms with Gasteiger partial charge in [-0.15, -0.1) is 0 Å². The standard InChI is InChI=1S/C42H24O2/c1-2-12-26-23-27(22-21-25(26)11-1)38-29-14-3-5-16-31(29)39(32-17-6-4-15-30(32)38)35-24-34-28-13-7-9-19-36(28)43-41(34)42-40(35)33-18-8-10-20-37(33)44-42/h1-24H. The summed E-state index contributed by atoms with van der Waals surface area (Å²) in [7, 11) is 0. The number of para-hydroxylation sites is 2. The first-order valence-electron chi connectivity index (χ1n) is 15.0. The summed E-state index contributed by atoms with van der Waals surface area (Å²) in [6.07, 6.45) is 0. The van der Waals surface area contributed by atoms with E-state index in [4.69, 9.17) is 8.83 Å². The molecule has 0 aliphatic heterocycles. The third-order valence-corrected chi connectivity index (χ3v) is 9.23. The molecule has 0 spiro atoms. The molecule has 0 saturated heterocycles. The average molecular weight is 561 g/mol. The van der Waals surface area contributed by atoms with Crippen LogP contribution in [0.25, 0.3) is 98.4 Å². The van der Waals surface area contributed by atoms with Crippen molar-refractivity contribution in [2.75, 3.05) is 0 Å². The van der Waals surface area contributed by atoms with Crippen molar-refractivity contribution in [1.82, 2.24) is 0 Å². The number of furan rings is 2. The minimum absolute atomic E-state index is 0.793. The molecule has 0 amide bonds. The Labute approximate surface area is 252 Å². The fourth-order valence-electron chi connectivity index (χ4n) is 7.34. The van der Waals surface area contributed by atoms with Crippen LogP contribution >= 0.6 is 0 Å². The molecule has 8 aromatic carbocycles. The lowest BCUT2D eigenvalue weighted by molar-refractivity contribution is 0.633. The summed E-state index contributed by atoms with van der Waals surface area (Å²) < 4.78 is 13.1. The highest BCUT2D eigenvalue weighted by molar-refractivity contribution is 6.30. The van der Waals surface area contributed by atoms with Gasteiger partial charge in [0, 0.05) is 21.5 Å². The predicted octanol–water partition coefficient (Wildman–Crippen LogP) is 12.3. The maximum Gasteiger partial charge on any atom is 0.179 e. The molecule has 2 heterocycles. The van der Waals surface area contributed by atoms with Gasteiger partial charge in [-0.05, 0) is 78.8 Å². The van der Waals surface area contributed by atoms with Gasteiger partial charge >= 0.3 is 0 Å². The Bertz CT molecular complexity index is 2720. The maximum absolute atomic E-state index is 6.62. The molecular weight excluding hydrogens is 536 g/mol. The van der Waals surface area contributed by atoms with Crippen LogP contribution in [0.5, 0.6) is 0 Å². The molecule has 0 aliphatic rings. The van der Waals surface area contributed by atoms with E-state index < -0.39 is 0 Å². The summed E-state index contributed by atoms with van der Waals surface area (Å²) in [5, 5.41) is 11.7. The lowest BCUT2D eigenvalue weighted by Gasteiger charge is -2.18. The second-order valence-electron chi connectivity index (χ2n) is 11.6. The minimum Gasteiger partial charge on any atom is -0.452 e. The Balaban J connectivity index is 1.42. The van der Waals surface area contributed by atoms with Crippen molar-refractivity contribution in [3.8, 4) is 22.3 Å². The van der Waals surface area contributed by atoms with Crippen LogP contribution in [-0.2, 0) is 0 Å². The molecule has 0 radical (unpaired) electrons. The Hall–Kier alpha value is -5.86. The van der Waals surface area contributed by atoms with Crippen LogP contribution in [-0.4, -0.2) is 0 Å². The van der Waals surface area contributed by atoms with Gasteiger partial charge in [-0.2, -0.15) is 0 Å². The van der Waals surface area contributed by atoms with Crippen LogP contribution < -0.4 is 0 Å². The van der Waals surface area contributed by atoms with E-state index in [1.807, 2.05) is 24.3 Å². The van der Waals surface area contributed by atoms with Crippen molar-refractivity contribution < 1.29 is 8.83 Å². The number of rotatable bonds is 2. The predicted molar refractivity (Wildman–Crippen MR) is 184 cm³/mol. The van der Waals surface area contributed by atoms with Gasteiger partial charge in [-0.3, -0.25) is 0 Å². The second kappa shape index (κ2) is 8.82. The Morgan fingerprint density at radius 3 is 1.57 bits per heavy atom. The molecule has 0 N–H and O–H groups in total. The molecule has 10 aromatic rings. The highest BCUT2D eigenvalue weighted by atomic mass is 16.4. The third kappa shape index (κ3) is 3.20. The number of hydrogen-bond acceptors (Lipinski definition) is 2. The molecule has 0 saturated carbocycles. The molecule has 2 heteroatoms. The highest BCUT2D eigenvalue weighted by Gasteiger charge is 2.24. The van der Waals surface area contributed by atoms with E-state index in [0.717, 1.165) is 49.4 Å². The van der Waals surface area contributed by atoms with Crippen molar-refractivity contribution in [2.45, 2.75) is 0 Å². The van der Waals surface area contributed by atoms with Crippen LogP contribution in [0.2, 0.25) is 0 Å². The molecule has 0 bridgehead atoms. The number of benzene rings is 8. The summed E-state index contributed by atoms with van der Waals surface area (Å²) >= 11 is 0. The molecule has 2 nitrogen and oxygen atoms in total. The average Bonchev–Trinajstić information content (AvgIpc) is 3.66. The normalized spacial score (nSPS) is 12.1. The first kappa shape index (κ1) is 23.7. The fraction of sp³-hybridized carbons (Fsp3) is 0. The Morgan fingerprint density at radius 1 is 0.341 bits per heavy atom. The molecule has 0 unspecified atom stereocenters. The van der Waals surface area contributed by atoms with Gasteiger partial charge in [0.1, 0.15) is 11.2 Å². The van der Waals surface area contributed by atoms with E-state index in [0.29, 0.717) is 0 Å². The molecule has 0 fully saturated rings. The zero-order valence-electron chi connectivity index (χ0n) is 23.7. The van der Waals surface area contributed by atoms with Crippen LogP contribution in [0.3, 0.4) is 0 Å². The van der Waals surface area contributed by atoms with Gasteiger partial charge in [0.15, 0.2) is 11.2 Å². The van der Waals surface area contributed by atoms with Crippen molar-refractivity contribution in [1.29, 1.82) is 0 Å². The monoisotopic (exact) mass is 560 g/mol. The third-order valence-electron chi connectivity index (χ3n) is 9.23. The SMILES string of the molecule is c1ccc2cc(-c3c4ccccc4c(-c4cc5c6ccccc6oc5c5oc6ccccc6c45)c4ccccc34)ccc2c1. The lowest BCUT2D eigenvalue weighted by atomic mass is 9.84. The lowest BCUT2D eigenvalue weighted by Crippen LogP contribution is -1.91. The summed E-state index contributed by atoms with van der Waals surface area (Å²) in [4.78, 5) is 0. The van der Waals surface area contributed by atoms with Crippen LogP contribution in [0.15, 0.2) is 154 Å². The van der Waals surface area contributed by atoms with Crippen LogP contribution in [0.4, 0.5) is 0 Å². The largest absolute Gasteiger partial charge is 0.452 e.